The second-order valence-corrected chi connectivity index (χ2v) is 9.83. The first-order chi connectivity index (χ1) is 16.8. The highest BCUT2D eigenvalue weighted by Gasteiger charge is 2.32. The van der Waals surface area contributed by atoms with Crippen molar-refractivity contribution >= 4 is 0 Å². The lowest BCUT2D eigenvalue weighted by Crippen LogP contribution is -2.14. The van der Waals surface area contributed by atoms with Gasteiger partial charge in [0, 0.05) is 22.9 Å². The largest absolute Gasteiger partial charge is 0.416 e. The van der Waals surface area contributed by atoms with Crippen LogP contribution in [0.1, 0.15) is 90.6 Å². The number of hydrogen-bond donors (Lipinski definition) is 1. The van der Waals surface area contributed by atoms with Gasteiger partial charge < -0.3 is 5.11 Å². The number of aromatic nitrogens is 1. The van der Waals surface area contributed by atoms with Crippen molar-refractivity contribution in [2.45, 2.75) is 76.0 Å². The number of alkyl halides is 3. The highest BCUT2D eigenvalue weighted by Crippen LogP contribution is 2.44. The molecule has 0 saturated heterocycles. The quantitative estimate of drug-likeness (QED) is 0.302. The van der Waals surface area contributed by atoms with Crippen LogP contribution in [0.5, 0.6) is 0 Å². The summed E-state index contributed by atoms with van der Waals surface area (Å²) in [4.78, 5) is 5.15. The lowest BCUT2D eigenvalue weighted by molar-refractivity contribution is -0.137. The van der Waals surface area contributed by atoms with Crippen LogP contribution in [0.15, 0.2) is 48.5 Å². The van der Waals surface area contributed by atoms with Crippen LogP contribution in [0.3, 0.4) is 0 Å². The molecule has 5 rings (SSSR count). The molecule has 6 heteroatoms. The third kappa shape index (κ3) is 4.99. The molecule has 1 N–H and O–H groups in total. The maximum Gasteiger partial charge on any atom is 0.416 e. The van der Waals surface area contributed by atoms with Crippen LogP contribution in [-0.2, 0) is 19.0 Å². The summed E-state index contributed by atoms with van der Waals surface area (Å²) in [5, 5.41) is 11.2. The standard InChI is InChI=1S/C29H29F4NO/c30-22-15-11-19(12-16-22)26-23(17-18-9-13-21(14-10-18)29(31,32)33)28(20-5-1-2-6-20)34-24-7-3-4-8-25(35)27(24)26/h9-16,20,25,35H,1-8,17H2. The van der Waals surface area contributed by atoms with Gasteiger partial charge in [-0.1, -0.05) is 43.5 Å². The van der Waals surface area contributed by atoms with E-state index in [1.165, 1.54) is 24.3 Å². The molecule has 1 fully saturated rings. The maximum absolute atomic E-state index is 13.8. The smallest absolute Gasteiger partial charge is 0.388 e. The highest BCUT2D eigenvalue weighted by atomic mass is 19.4. The number of benzene rings is 2. The highest BCUT2D eigenvalue weighted by molar-refractivity contribution is 5.74. The predicted molar refractivity (Wildman–Crippen MR) is 128 cm³/mol. The second-order valence-electron chi connectivity index (χ2n) is 9.83. The first kappa shape index (κ1) is 24.0. The molecule has 3 aromatic rings. The van der Waals surface area contributed by atoms with Crippen molar-refractivity contribution in [3.8, 4) is 11.1 Å². The van der Waals surface area contributed by atoms with E-state index in [0.29, 0.717) is 12.8 Å². The molecule has 2 aliphatic carbocycles. The fourth-order valence-corrected chi connectivity index (χ4v) is 5.71. The van der Waals surface area contributed by atoms with E-state index in [-0.39, 0.29) is 11.7 Å². The molecular weight excluding hydrogens is 454 g/mol. The number of pyridine rings is 1. The number of aliphatic hydroxyl groups excluding tert-OH is 1. The van der Waals surface area contributed by atoms with Crippen molar-refractivity contribution in [2.24, 2.45) is 0 Å². The molecule has 0 amide bonds. The second kappa shape index (κ2) is 9.73. The Labute approximate surface area is 203 Å². The van der Waals surface area contributed by atoms with Gasteiger partial charge in [0.1, 0.15) is 5.82 Å². The topological polar surface area (TPSA) is 33.1 Å². The summed E-state index contributed by atoms with van der Waals surface area (Å²) >= 11 is 0. The molecule has 1 heterocycles. The first-order valence-corrected chi connectivity index (χ1v) is 12.5. The van der Waals surface area contributed by atoms with Crippen molar-refractivity contribution in [1.29, 1.82) is 0 Å². The number of rotatable bonds is 4. The molecule has 0 radical (unpaired) electrons. The number of nitrogens with zero attached hydrogens (tertiary/aromatic N) is 1. The van der Waals surface area contributed by atoms with Crippen molar-refractivity contribution in [3.63, 3.8) is 0 Å². The van der Waals surface area contributed by atoms with Crippen molar-refractivity contribution in [3.05, 3.63) is 88.0 Å². The van der Waals surface area contributed by atoms with Crippen LogP contribution in [0.2, 0.25) is 0 Å². The fourth-order valence-electron chi connectivity index (χ4n) is 5.71. The SMILES string of the molecule is OC1CCCCc2nc(C3CCCC3)c(Cc3ccc(C(F)(F)F)cc3)c(-c3ccc(F)cc3)c21. The molecule has 2 nitrogen and oxygen atoms in total. The van der Waals surface area contributed by atoms with Gasteiger partial charge in [0.15, 0.2) is 0 Å². The summed E-state index contributed by atoms with van der Waals surface area (Å²) in [5.41, 5.74) is 5.43. The third-order valence-electron chi connectivity index (χ3n) is 7.46. The van der Waals surface area contributed by atoms with Gasteiger partial charge in [-0.05, 0) is 85.0 Å². The van der Waals surface area contributed by atoms with E-state index in [0.717, 1.165) is 96.3 Å². The fraction of sp³-hybridized carbons (Fsp3) is 0.414. The average molecular weight is 484 g/mol. The normalized spacial score (nSPS) is 18.9. The summed E-state index contributed by atoms with van der Waals surface area (Å²) < 4.78 is 53.2. The molecule has 1 atom stereocenters. The Kier molecular flexibility index (Phi) is 6.67. The number of hydrogen-bond acceptors (Lipinski definition) is 2. The minimum atomic E-state index is -4.39. The van der Waals surface area contributed by atoms with E-state index in [9.17, 15) is 22.7 Å². The molecule has 0 aliphatic heterocycles. The Hall–Kier alpha value is -2.73. The first-order valence-electron chi connectivity index (χ1n) is 12.5. The van der Waals surface area contributed by atoms with E-state index in [1.807, 2.05) is 0 Å². The molecule has 1 saturated carbocycles. The molecule has 2 aromatic carbocycles. The number of aryl methyl sites for hydroxylation is 1. The summed E-state index contributed by atoms with van der Waals surface area (Å²) in [6.07, 6.45) is 2.89. The van der Waals surface area contributed by atoms with Crippen LogP contribution in [0.4, 0.5) is 17.6 Å². The lowest BCUT2D eigenvalue weighted by atomic mass is 9.83. The van der Waals surface area contributed by atoms with E-state index >= 15 is 0 Å². The van der Waals surface area contributed by atoms with E-state index in [1.54, 1.807) is 12.1 Å². The summed E-state index contributed by atoms with van der Waals surface area (Å²) in [6, 6.07) is 11.6. The molecule has 2 aliphatic rings. The predicted octanol–water partition coefficient (Wildman–Crippen LogP) is 7.91. The molecular formula is C29H29F4NO. The Bertz CT molecular complexity index is 1180. The molecule has 1 unspecified atom stereocenters. The van der Waals surface area contributed by atoms with Gasteiger partial charge in [-0.15, -0.1) is 0 Å². The zero-order chi connectivity index (χ0) is 24.6. The van der Waals surface area contributed by atoms with E-state index in [4.69, 9.17) is 4.98 Å². The molecule has 184 valence electrons. The minimum Gasteiger partial charge on any atom is -0.388 e. The van der Waals surface area contributed by atoms with Crippen LogP contribution in [-0.4, -0.2) is 10.1 Å². The Morgan fingerprint density at radius 2 is 1.51 bits per heavy atom. The van der Waals surface area contributed by atoms with Gasteiger partial charge in [-0.25, -0.2) is 4.39 Å². The van der Waals surface area contributed by atoms with Gasteiger partial charge in [-0.2, -0.15) is 13.2 Å². The molecule has 0 spiro atoms. The number of aliphatic hydroxyl groups is 1. The van der Waals surface area contributed by atoms with Crippen LogP contribution in [0, 0.1) is 5.82 Å². The van der Waals surface area contributed by atoms with E-state index < -0.39 is 17.8 Å². The Morgan fingerprint density at radius 1 is 0.857 bits per heavy atom. The van der Waals surface area contributed by atoms with Crippen molar-refractivity contribution in [1.82, 2.24) is 4.98 Å². The monoisotopic (exact) mass is 483 g/mol. The van der Waals surface area contributed by atoms with E-state index in [2.05, 4.69) is 0 Å². The Morgan fingerprint density at radius 3 is 2.17 bits per heavy atom. The number of fused-ring (bicyclic) bond motifs is 1. The third-order valence-corrected chi connectivity index (χ3v) is 7.46. The van der Waals surface area contributed by atoms with Crippen LogP contribution < -0.4 is 0 Å². The minimum absolute atomic E-state index is 0.282. The summed E-state index contributed by atoms with van der Waals surface area (Å²) in [5.74, 6) is -0.0564. The van der Waals surface area contributed by atoms with Gasteiger partial charge in [0.2, 0.25) is 0 Å². The van der Waals surface area contributed by atoms with Crippen LogP contribution in [0.25, 0.3) is 11.1 Å². The Balaban J connectivity index is 1.71. The average Bonchev–Trinajstić information content (AvgIpc) is 3.30. The summed E-state index contributed by atoms with van der Waals surface area (Å²) in [6.45, 7) is 0. The van der Waals surface area contributed by atoms with Crippen molar-refractivity contribution in [2.75, 3.05) is 0 Å². The van der Waals surface area contributed by atoms with Gasteiger partial charge in [0.05, 0.1) is 11.7 Å². The summed E-state index contributed by atoms with van der Waals surface area (Å²) in [7, 11) is 0. The molecule has 35 heavy (non-hydrogen) atoms. The van der Waals surface area contributed by atoms with Gasteiger partial charge >= 0.3 is 6.18 Å². The van der Waals surface area contributed by atoms with Gasteiger partial charge in [-0.3, -0.25) is 4.98 Å². The van der Waals surface area contributed by atoms with Gasteiger partial charge in [0.25, 0.3) is 0 Å². The number of halogens is 4. The lowest BCUT2D eigenvalue weighted by Gasteiger charge is -2.26. The zero-order valence-corrected chi connectivity index (χ0v) is 19.5. The molecule has 0 bridgehead atoms. The zero-order valence-electron chi connectivity index (χ0n) is 19.5. The van der Waals surface area contributed by atoms with Crippen molar-refractivity contribution < 1.29 is 22.7 Å². The molecule has 1 aromatic heterocycles. The van der Waals surface area contributed by atoms with Crippen LogP contribution >= 0.6 is 0 Å². The maximum atomic E-state index is 13.8.